The van der Waals surface area contributed by atoms with Gasteiger partial charge < -0.3 is 29.9 Å². The lowest BCUT2D eigenvalue weighted by Crippen LogP contribution is -2.44. The largest absolute Gasteiger partial charge is 0.471 e. The third-order valence-electron chi connectivity index (χ3n) is 5.10. The number of hydrogen-bond donors (Lipinski definition) is 3. The van der Waals surface area contributed by atoms with Gasteiger partial charge in [-0.05, 0) is 12.1 Å². The fraction of sp³-hybridized carbons (Fsp3) is 0.556. The van der Waals surface area contributed by atoms with E-state index in [-0.39, 0.29) is 0 Å². The fourth-order valence-electron chi connectivity index (χ4n) is 3.58. The van der Waals surface area contributed by atoms with Crippen molar-refractivity contribution >= 4 is 16.9 Å². The summed E-state index contributed by atoms with van der Waals surface area (Å²) >= 11 is 0. The first-order valence-electron chi connectivity index (χ1n) is 8.95. The Morgan fingerprint density at radius 3 is 2.54 bits per heavy atom. The number of aliphatic hydroxyl groups excluding tert-OH is 2. The Morgan fingerprint density at radius 2 is 1.81 bits per heavy atom. The van der Waals surface area contributed by atoms with Gasteiger partial charge in [0.2, 0.25) is 11.8 Å². The van der Waals surface area contributed by atoms with Crippen LogP contribution in [0.2, 0.25) is 0 Å². The number of fused-ring (bicyclic) bond motifs is 1. The van der Waals surface area contributed by atoms with Gasteiger partial charge in [-0.15, -0.1) is 0 Å². The molecule has 1 saturated carbocycles. The number of aromatic nitrogens is 2. The van der Waals surface area contributed by atoms with Crippen molar-refractivity contribution < 1.29 is 19.7 Å². The summed E-state index contributed by atoms with van der Waals surface area (Å²) in [7, 11) is 1.52. The molecule has 2 fully saturated rings. The molecule has 26 heavy (non-hydrogen) atoms. The quantitative estimate of drug-likeness (QED) is 0.697. The molecule has 0 spiro atoms. The van der Waals surface area contributed by atoms with Gasteiger partial charge in [-0.25, -0.2) is 4.98 Å². The second-order valence-corrected chi connectivity index (χ2v) is 6.73. The van der Waals surface area contributed by atoms with Crippen LogP contribution in [0.4, 0.5) is 5.95 Å². The van der Waals surface area contributed by atoms with Gasteiger partial charge in [0.15, 0.2) is 0 Å². The predicted octanol–water partition coefficient (Wildman–Crippen LogP) is -0.0727. The molecule has 0 radical (unpaired) electrons. The number of nitrogens with one attached hydrogen (secondary N) is 1. The molecule has 8 nitrogen and oxygen atoms in total. The van der Waals surface area contributed by atoms with Crippen LogP contribution >= 0.6 is 0 Å². The van der Waals surface area contributed by atoms with Crippen molar-refractivity contribution in [2.45, 2.75) is 30.8 Å². The maximum absolute atomic E-state index is 10.3. The highest BCUT2D eigenvalue weighted by atomic mass is 16.5. The molecule has 140 valence electrons. The highest BCUT2D eigenvalue weighted by Crippen LogP contribution is 2.31. The smallest absolute Gasteiger partial charge is 0.229 e. The van der Waals surface area contributed by atoms with Gasteiger partial charge in [0, 0.05) is 39.7 Å². The Bertz CT molecular complexity index is 768. The van der Waals surface area contributed by atoms with Crippen molar-refractivity contribution in [2.75, 3.05) is 38.2 Å². The number of para-hydroxylation sites is 1. The normalized spacial score (nSPS) is 29.3. The lowest BCUT2D eigenvalue weighted by Gasteiger charge is -2.28. The van der Waals surface area contributed by atoms with E-state index in [0.717, 1.165) is 37.1 Å². The number of nitrogens with zero attached hydrogens (tertiary/aromatic N) is 3. The zero-order valence-electron chi connectivity index (χ0n) is 14.7. The van der Waals surface area contributed by atoms with E-state index in [2.05, 4.69) is 20.2 Å². The molecule has 1 aromatic heterocycles. The van der Waals surface area contributed by atoms with E-state index in [1.165, 1.54) is 7.11 Å². The molecule has 1 aliphatic heterocycles. The first kappa shape index (κ1) is 17.4. The Kier molecular flexibility index (Phi) is 4.90. The van der Waals surface area contributed by atoms with E-state index in [4.69, 9.17) is 9.47 Å². The summed E-state index contributed by atoms with van der Waals surface area (Å²) in [5.41, 5.74) is 0.794. The van der Waals surface area contributed by atoms with Crippen LogP contribution in [0.3, 0.4) is 0 Å². The lowest BCUT2D eigenvalue weighted by atomic mass is 10.2. The second-order valence-electron chi connectivity index (χ2n) is 6.73. The minimum atomic E-state index is -1.02. The van der Waals surface area contributed by atoms with Crippen molar-refractivity contribution in [3.05, 3.63) is 24.3 Å². The van der Waals surface area contributed by atoms with Crippen LogP contribution in [0.25, 0.3) is 10.9 Å². The maximum Gasteiger partial charge on any atom is 0.229 e. The van der Waals surface area contributed by atoms with E-state index in [0.29, 0.717) is 18.2 Å². The molecule has 4 atom stereocenters. The minimum Gasteiger partial charge on any atom is -0.471 e. The molecule has 2 aromatic rings. The van der Waals surface area contributed by atoms with Crippen molar-refractivity contribution in [3.63, 3.8) is 0 Å². The third-order valence-corrected chi connectivity index (χ3v) is 5.10. The highest BCUT2D eigenvalue weighted by molar-refractivity contribution is 5.84. The van der Waals surface area contributed by atoms with Crippen molar-refractivity contribution in [3.8, 4) is 5.88 Å². The molecule has 0 amide bonds. The average Bonchev–Trinajstić information content (AvgIpc) is 2.96. The highest BCUT2D eigenvalue weighted by Gasteiger charge is 2.43. The molecule has 1 aliphatic carbocycles. The molecular formula is C18H24N4O4. The van der Waals surface area contributed by atoms with Crippen molar-refractivity contribution in [1.82, 2.24) is 15.3 Å². The molecule has 4 rings (SSSR count). The van der Waals surface area contributed by atoms with Crippen LogP contribution in [-0.4, -0.2) is 77.9 Å². The Labute approximate surface area is 151 Å². The van der Waals surface area contributed by atoms with Crippen LogP contribution in [0.1, 0.15) is 6.42 Å². The molecule has 0 unspecified atom stereocenters. The number of benzene rings is 1. The van der Waals surface area contributed by atoms with Crippen molar-refractivity contribution in [1.29, 1.82) is 0 Å². The zero-order valence-corrected chi connectivity index (χ0v) is 14.7. The molecule has 2 aliphatic rings. The predicted molar refractivity (Wildman–Crippen MR) is 96.5 cm³/mol. The molecule has 1 saturated heterocycles. The monoisotopic (exact) mass is 360 g/mol. The number of hydrogen-bond acceptors (Lipinski definition) is 8. The second kappa shape index (κ2) is 7.32. The summed E-state index contributed by atoms with van der Waals surface area (Å²) < 4.78 is 11.3. The first-order valence-corrected chi connectivity index (χ1v) is 8.95. The van der Waals surface area contributed by atoms with Crippen molar-refractivity contribution in [2.24, 2.45) is 0 Å². The van der Waals surface area contributed by atoms with Gasteiger partial charge in [0.25, 0.3) is 0 Å². The van der Waals surface area contributed by atoms with E-state index in [1.807, 2.05) is 24.3 Å². The molecule has 3 N–H and O–H groups in total. The van der Waals surface area contributed by atoms with E-state index < -0.39 is 24.4 Å². The summed E-state index contributed by atoms with van der Waals surface area (Å²) in [4.78, 5) is 11.4. The van der Waals surface area contributed by atoms with Crippen LogP contribution < -0.4 is 15.0 Å². The zero-order chi connectivity index (χ0) is 18.1. The molecule has 0 bridgehead atoms. The standard InChI is InChI=1S/C18H24N4O4/c1-25-13-10-14(16(24)15(13)23)26-17-11-4-2-3-5-12(11)20-18(21-17)22-8-6-19-7-9-22/h2-5,13-16,19,23-24H,6-10H2,1H3/t13-,14+,15+,16+/m0/s1. The average molecular weight is 360 g/mol. The number of methoxy groups -OCH3 is 1. The molecular weight excluding hydrogens is 336 g/mol. The Balaban J connectivity index is 1.67. The van der Waals surface area contributed by atoms with Crippen LogP contribution in [0.15, 0.2) is 24.3 Å². The van der Waals surface area contributed by atoms with E-state index >= 15 is 0 Å². The number of rotatable bonds is 4. The van der Waals surface area contributed by atoms with E-state index in [1.54, 1.807) is 0 Å². The van der Waals surface area contributed by atoms with Crippen LogP contribution in [-0.2, 0) is 4.74 Å². The number of aliphatic hydroxyl groups is 2. The molecule has 8 heteroatoms. The topological polar surface area (TPSA) is 100.0 Å². The van der Waals surface area contributed by atoms with Crippen LogP contribution in [0.5, 0.6) is 5.88 Å². The van der Waals surface area contributed by atoms with Gasteiger partial charge in [-0.2, -0.15) is 4.98 Å². The summed E-state index contributed by atoms with van der Waals surface area (Å²) in [6, 6.07) is 7.65. The summed E-state index contributed by atoms with van der Waals surface area (Å²) in [6.07, 6.45) is -2.61. The van der Waals surface area contributed by atoms with Gasteiger partial charge in [-0.1, -0.05) is 12.1 Å². The summed E-state index contributed by atoms with van der Waals surface area (Å²) in [5.74, 6) is 1.05. The Hall–Kier alpha value is -2.00. The SMILES string of the molecule is CO[C@H]1C[C@@H](Oc2nc(N3CCNCC3)nc3ccccc23)[C@@H](O)[C@@H]1O. The van der Waals surface area contributed by atoms with Gasteiger partial charge in [-0.3, -0.25) is 0 Å². The molecule has 1 aromatic carbocycles. The number of anilines is 1. The van der Waals surface area contributed by atoms with Gasteiger partial charge in [0.05, 0.1) is 17.0 Å². The summed E-state index contributed by atoms with van der Waals surface area (Å²) in [6.45, 7) is 3.42. The maximum atomic E-state index is 10.3. The minimum absolute atomic E-state index is 0.403. The van der Waals surface area contributed by atoms with E-state index in [9.17, 15) is 10.2 Å². The van der Waals surface area contributed by atoms with Gasteiger partial charge in [0.1, 0.15) is 18.3 Å². The Morgan fingerprint density at radius 1 is 1.08 bits per heavy atom. The fourth-order valence-corrected chi connectivity index (χ4v) is 3.58. The van der Waals surface area contributed by atoms with Gasteiger partial charge >= 0.3 is 0 Å². The number of piperazine rings is 1. The first-order chi connectivity index (χ1) is 12.7. The summed E-state index contributed by atoms with van der Waals surface area (Å²) in [5, 5.41) is 24.5. The lowest BCUT2D eigenvalue weighted by molar-refractivity contribution is -0.0483. The third kappa shape index (κ3) is 3.21. The molecule has 2 heterocycles. The number of ether oxygens (including phenoxy) is 2. The van der Waals surface area contributed by atoms with Crippen LogP contribution in [0, 0.1) is 0 Å².